The Morgan fingerprint density at radius 3 is 2.81 bits per heavy atom. The lowest BCUT2D eigenvalue weighted by molar-refractivity contribution is 0.0951. The van der Waals surface area contributed by atoms with Gasteiger partial charge in [-0.15, -0.1) is 0 Å². The molecule has 188 valence electrons. The molecular formula is C26H25Cl2FN4O3. The van der Waals surface area contributed by atoms with Gasteiger partial charge in [-0.3, -0.25) is 4.79 Å². The van der Waals surface area contributed by atoms with Gasteiger partial charge >= 0.3 is 0 Å². The highest BCUT2D eigenvalue weighted by atomic mass is 35.5. The largest absolute Gasteiger partial charge is 0.478 e. The number of furan rings is 1. The van der Waals surface area contributed by atoms with Gasteiger partial charge in [-0.1, -0.05) is 35.3 Å². The molecule has 10 heteroatoms. The number of carbonyl (C=O) groups is 1. The summed E-state index contributed by atoms with van der Waals surface area (Å²) in [6, 6.07) is 9.79. The van der Waals surface area contributed by atoms with Crippen LogP contribution in [0.1, 0.15) is 28.9 Å². The van der Waals surface area contributed by atoms with Crippen molar-refractivity contribution in [3.05, 3.63) is 75.8 Å². The lowest BCUT2D eigenvalue weighted by Crippen LogP contribution is -2.31. The van der Waals surface area contributed by atoms with Crippen LogP contribution in [0.3, 0.4) is 0 Å². The van der Waals surface area contributed by atoms with Crippen LogP contribution in [0.4, 0.5) is 10.2 Å². The van der Waals surface area contributed by atoms with Crippen LogP contribution in [0.25, 0.3) is 22.1 Å². The predicted molar refractivity (Wildman–Crippen MR) is 140 cm³/mol. The van der Waals surface area contributed by atoms with Gasteiger partial charge < -0.3 is 25.1 Å². The molecule has 7 nitrogen and oxygen atoms in total. The zero-order valence-electron chi connectivity index (χ0n) is 19.9. The molecule has 4 aromatic rings. The van der Waals surface area contributed by atoms with Gasteiger partial charge in [0.05, 0.1) is 16.7 Å². The number of rotatable bonds is 8. The van der Waals surface area contributed by atoms with Crippen LogP contribution in [0.5, 0.6) is 5.75 Å². The summed E-state index contributed by atoms with van der Waals surface area (Å²) in [5.41, 5.74) is 8.73. The molecule has 0 aliphatic rings. The fourth-order valence-electron chi connectivity index (χ4n) is 3.79. The first-order valence-corrected chi connectivity index (χ1v) is 11.9. The molecule has 36 heavy (non-hydrogen) atoms. The molecule has 2 aromatic heterocycles. The molecule has 0 spiro atoms. The second kappa shape index (κ2) is 10.7. The minimum absolute atomic E-state index is 0.0907. The summed E-state index contributed by atoms with van der Waals surface area (Å²) in [5, 5.41) is 3.67. The summed E-state index contributed by atoms with van der Waals surface area (Å²) in [5.74, 6) is -0.509. The van der Waals surface area contributed by atoms with E-state index in [1.165, 1.54) is 12.1 Å². The van der Waals surface area contributed by atoms with Crippen LogP contribution in [0.15, 0.2) is 53.3 Å². The van der Waals surface area contributed by atoms with Crippen LogP contribution in [-0.2, 0) is 0 Å². The number of nitrogens with one attached hydrogen (secondary N) is 1. The molecule has 0 aliphatic carbocycles. The highest BCUT2D eigenvalue weighted by Gasteiger charge is 2.23. The number of ether oxygens (including phenoxy) is 1. The Hall–Kier alpha value is -3.33. The van der Waals surface area contributed by atoms with E-state index in [0.29, 0.717) is 28.6 Å². The molecule has 1 unspecified atom stereocenters. The van der Waals surface area contributed by atoms with Crippen LogP contribution in [0, 0.1) is 5.82 Å². The molecule has 0 saturated heterocycles. The average Bonchev–Trinajstić information content (AvgIpc) is 3.28. The zero-order valence-corrected chi connectivity index (χ0v) is 21.5. The van der Waals surface area contributed by atoms with Gasteiger partial charge in [0.25, 0.3) is 5.91 Å². The third kappa shape index (κ3) is 5.26. The maximum Gasteiger partial charge on any atom is 0.251 e. The van der Waals surface area contributed by atoms with Crippen molar-refractivity contribution >= 4 is 45.9 Å². The van der Waals surface area contributed by atoms with E-state index in [2.05, 4.69) is 10.3 Å². The predicted octanol–water partition coefficient (Wildman–Crippen LogP) is 5.95. The fourth-order valence-corrected chi connectivity index (χ4v) is 4.47. The molecule has 1 amide bonds. The van der Waals surface area contributed by atoms with Crippen molar-refractivity contribution in [2.45, 2.75) is 13.0 Å². The highest BCUT2D eigenvalue weighted by molar-refractivity contribution is 6.36. The van der Waals surface area contributed by atoms with Gasteiger partial charge in [0.1, 0.15) is 11.9 Å². The van der Waals surface area contributed by atoms with E-state index in [4.69, 9.17) is 38.1 Å². The van der Waals surface area contributed by atoms with E-state index < -0.39 is 11.9 Å². The summed E-state index contributed by atoms with van der Waals surface area (Å²) in [6.45, 7) is 2.94. The molecule has 0 aliphatic heterocycles. The number of anilines is 1. The number of nitrogens with zero attached hydrogens (tertiary/aromatic N) is 2. The average molecular weight is 531 g/mol. The number of benzene rings is 2. The first-order valence-electron chi connectivity index (χ1n) is 11.2. The van der Waals surface area contributed by atoms with E-state index in [-0.39, 0.29) is 33.1 Å². The third-order valence-corrected chi connectivity index (χ3v) is 6.38. The smallest absolute Gasteiger partial charge is 0.251 e. The number of fused-ring (bicyclic) bond motifs is 1. The fraction of sp³-hybridized carbons (Fsp3) is 0.231. The molecular weight excluding hydrogens is 506 g/mol. The number of hydrogen-bond acceptors (Lipinski definition) is 6. The Balaban J connectivity index is 1.66. The highest BCUT2D eigenvalue weighted by Crippen LogP contribution is 2.41. The van der Waals surface area contributed by atoms with Gasteiger partial charge in [0, 0.05) is 41.0 Å². The zero-order chi connectivity index (χ0) is 26.0. The number of carbonyl (C=O) groups excluding carboxylic acids is 1. The number of nitrogens with two attached hydrogens (primary N) is 1. The van der Waals surface area contributed by atoms with Crippen LogP contribution in [0.2, 0.25) is 10.0 Å². The molecule has 2 aromatic carbocycles. The third-order valence-electron chi connectivity index (χ3n) is 5.66. The molecule has 0 fully saturated rings. The van der Waals surface area contributed by atoms with Gasteiger partial charge in [0.2, 0.25) is 5.75 Å². The Morgan fingerprint density at radius 1 is 1.28 bits per heavy atom. The summed E-state index contributed by atoms with van der Waals surface area (Å²) in [6.07, 6.45) is 2.37. The number of halogens is 3. The van der Waals surface area contributed by atoms with E-state index in [1.54, 1.807) is 37.6 Å². The van der Waals surface area contributed by atoms with E-state index in [9.17, 15) is 9.18 Å². The number of likely N-dealkylation sites (N-methyl/N-ethyl adjacent to an activating group) is 1. The number of aromatic nitrogens is 1. The number of nitrogen functional groups attached to an aromatic ring is 1. The van der Waals surface area contributed by atoms with E-state index in [0.717, 1.165) is 12.1 Å². The summed E-state index contributed by atoms with van der Waals surface area (Å²) >= 11 is 12.4. The quantitative estimate of drug-likeness (QED) is 0.273. The van der Waals surface area contributed by atoms with Gasteiger partial charge in [-0.05, 0) is 50.8 Å². The van der Waals surface area contributed by atoms with Crippen molar-refractivity contribution in [1.29, 1.82) is 0 Å². The van der Waals surface area contributed by atoms with Crippen molar-refractivity contribution in [3.8, 4) is 16.9 Å². The summed E-state index contributed by atoms with van der Waals surface area (Å²) in [4.78, 5) is 18.8. The first-order chi connectivity index (χ1) is 17.2. The molecule has 4 rings (SSSR count). The minimum atomic E-state index is -0.752. The van der Waals surface area contributed by atoms with E-state index in [1.807, 2.05) is 25.1 Å². The van der Waals surface area contributed by atoms with Gasteiger partial charge in [-0.2, -0.15) is 0 Å². The van der Waals surface area contributed by atoms with Crippen LogP contribution >= 0.6 is 23.2 Å². The Morgan fingerprint density at radius 2 is 2.06 bits per heavy atom. The molecule has 0 bridgehead atoms. The van der Waals surface area contributed by atoms with Crippen LogP contribution < -0.4 is 15.8 Å². The maximum atomic E-state index is 14.0. The Kier molecular flexibility index (Phi) is 7.68. The Labute approximate surface area is 217 Å². The second-order valence-electron chi connectivity index (χ2n) is 8.52. The number of amides is 1. The molecule has 0 radical (unpaired) electrons. The molecule has 0 saturated carbocycles. The van der Waals surface area contributed by atoms with Gasteiger partial charge in [0.15, 0.2) is 11.4 Å². The number of pyridine rings is 1. The minimum Gasteiger partial charge on any atom is -0.478 e. The Bertz CT molecular complexity index is 1420. The van der Waals surface area contributed by atoms with Gasteiger partial charge in [-0.25, -0.2) is 9.37 Å². The van der Waals surface area contributed by atoms with Crippen LogP contribution in [-0.4, -0.2) is 43.0 Å². The topological polar surface area (TPSA) is 93.6 Å². The first kappa shape index (κ1) is 25.8. The number of hydrogen-bond donors (Lipinski definition) is 2. The molecule has 1 atom stereocenters. The maximum absolute atomic E-state index is 14.0. The van der Waals surface area contributed by atoms with Crippen molar-refractivity contribution in [1.82, 2.24) is 15.2 Å². The lowest BCUT2D eigenvalue weighted by atomic mass is 10.0. The monoisotopic (exact) mass is 530 g/mol. The van der Waals surface area contributed by atoms with E-state index >= 15 is 0 Å². The van der Waals surface area contributed by atoms with Crippen molar-refractivity contribution in [3.63, 3.8) is 0 Å². The molecule has 3 N–H and O–H groups in total. The summed E-state index contributed by atoms with van der Waals surface area (Å²) < 4.78 is 25.9. The van der Waals surface area contributed by atoms with Crippen molar-refractivity contribution < 1.29 is 18.3 Å². The standard InChI is InChI=1S/C26H25Cl2FN4O3/c1-14(21-19(27)7-8-20(29)22(21)28)36-24-23-17(12-32-25(24)30)18(13-35-23)15-5-4-6-16(11-15)26(34)31-9-10-33(2)3/h4-8,11-14H,9-10H2,1-3H3,(H2,30,32)(H,31,34). The normalized spacial score (nSPS) is 12.2. The summed E-state index contributed by atoms with van der Waals surface area (Å²) in [7, 11) is 3.88. The SMILES string of the molecule is CC(Oc1c(N)ncc2c(-c3cccc(C(=O)NCCN(C)C)c3)coc12)c1c(Cl)ccc(F)c1Cl. The van der Waals surface area contributed by atoms with Crippen molar-refractivity contribution in [2.75, 3.05) is 32.9 Å². The van der Waals surface area contributed by atoms with Crippen molar-refractivity contribution in [2.24, 2.45) is 0 Å². The molecule has 2 heterocycles. The second-order valence-corrected chi connectivity index (χ2v) is 9.31. The lowest BCUT2D eigenvalue weighted by Gasteiger charge is -2.18.